The molecular weight excluding hydrogens is 524 g/mol. The quantitative estimate of drug-likeness (QED) is 0.0921. The van der Waals surface area contributed by atoms with Crippen molar-refractivity contribution in [3.8, 4) is 5.75 Å². The number of primary amides is 1. The predicted octanol–water partition coefficient (Wildman–Crippen LogP) is -4.74. The van der Waals surface area contributed by atoms with Crippen molar-refractivity contribution in [1.82, 2.24) is 21.3 Å². The van der Waals surface area contributed by atoms with Gasteiger partial charge >= 0.3 is 11.9 Å². The van der Waals surface area contributed by atoms with Crippen LogP contribution in [0.25, 0.3) is 0 Å². The van der Waals surface area contributed by atoms with Crippen molar-refractivity contribution in [3.05, 3.63) is 29.8 Å². The second kappa shape index (κ2) is 15.5. The molecule has 1 aromatic rings. The fourth-order valence-corrected chi connectivity index (χ4v) is 3.04. The molecule has 0 heterocycles. The third kappa shape index (κ3) is 11.9. The number of phenolic OH excluding ortho intramolecular Hbond substituents is 1. The molecule has 0 saturated carbocycles. The van der Waals surface area contributed by atoms with Crippen molar-refractivity contribution in [2.24, 2.45) is 11.5 Å². The van der Waals surface area contributed by atoms with Gasteiger partial charge in [0.1, 0.15) is 23.9 Å². The Morgan fingerprint density at radius 1 is 0.795 bits per heavy atom. The molecule has 0 aliphatic heterocycles. The molecule has 0 unspecified atom stereocenters. The second-order valence-electron chi connectivity index (χ2n) is 8.23. The van der Waals surface area contributed by atoms with Crippen LogP contribution in [-0.2, 0) is 40.0 Å². The number of carbonyl (C=O) groups excluding carboxylic acids is 5. The lowest BCUT2D eigenvalue weighted by Gasteiger charge is -2.22. The fourth-order valence-electron chi connectivity index (χ4n) is 3.04. The maximum atomic E-state index is 12.7. The summed E-state index contributed by atoms with van der Waals surface area (Å²) in [6.45, 7) is -1.81. The van der Waals surface area contributed by atoms with Crippen molar-refractivity contribution < 1.29 is 54.0 Å². The lowest BCUT2D eigenvalue weighted by Crippen LogP contribution is -2.58. The number of rotatable bonds is 16. The number of amides is 5. The van der Waals surface area contributed by atoms with Crippen molar-refractivity contribution >= 4 is 41.5 Å². The highest BCUT2D eigenvalue weighted by molar-refractivity contribution is 5.96. The summed E-state index contributed by atoms with van der Waals surface area (Å²) in [5.41, 5.74) is 11.6. The average Bonchev–Trinajstić information content (AvgIpc) is 2.85. The number of aliphatic carboxylic acids is 2. The minimum absolute atomic E-state index is 0.000659. The number of aliphatic hydroxyl groups is 1. The number of nitrogens with one attached hydrogen (secondary N) is 4. The molecule has 0 bridgehead atoms. The van der Waals surface area contributed by atoms with Crippen molar-refractivity contribution in [2.75, 3.05) is 13.2 Å². The third-order valence-electron chi connectivity index (χ3n) is 5.02. The Hall–Kier alpha value is -4.77. The molecule has 0 radical (unpaired) electrons. The standard InChI is InChI=1S/C22H30N6O11/c23-12(5-10-1-3-11(30)4-2-10)19(35)27-13(6-16(24)31)21(37)28-15(9-29)20(36)25-8-17(32)26-14(22(38)39)7-18(33)34/h1-4,12-15,29-30H,5-9,23H2,(H2,24,31)(H,25,36)(H,26,32)(H,27,35)(H,28,37)(H,33,34)(H,38,39)/t12-,13-,14-,15-/m0/s1. The Kier molecular flexibility index (Phi) is 12.8. The Morgan fingerprint density at radius 2 is 1.38 bits per heavy atom. The topological polar surface area (TPSA) is 301 Å². The highest BCUT2D eigenvalue weighted by Gasteiger charge is 2.30. The molecule has 0 spiro atoms. The van der Waals surface area contributed by atoms with Gasteiger partial charge in [-0.3, -0.25) is 28.8 Å². The summed E-state index contributed by atoms with van der Waals surface area (Å²) < 4.78 is 0. The largest absolute Gasteiger partial charge is 0.508 e. The molecule has 17 heteroatoms. The molecule has 17 nitrogen and oxygen atoms in total. The van der Waals surface area contributed by atoms with Crippen LogP contribution in [-0.4, -0.2) is 99.2 Å². The van der Waals surface area contributed by atoms with E-state index in [9.17, 15) is 43.8 Å². The number of nitrogens with two attached hydrogens (primary N) is 2. The number of carboxylic acids is 2. The molecule has 1 aromatic carbocycles. The monoisotopic (exact) mass is 554 g/mol. The summed E-state index contributed by atoms with van der Waals surface area (Å²) in [6, 6.07) is -0.386. The molecule has 39 heavy (non-hydrogen) atoms. The first-order valence-corrected chi connectivity index (χ1v) is 11.3. The van der Waals surface area contributed by atoms with Crippen LogP contribution in [0.1, 0.15) is 18.4 Å². The molecular formula is C22H30N6O11. The Morgan fingerprint density at radius 3 is 1.90 bits per heavy atom. The molecule has 5 amide bonds. The van der Waals surface area contributed by atoms with Gasteiger partial charge in [0.2, 0.25) is 29.5 Å². The van der Waals surface area contributed by atoms with Crippen molar-refractivity contribution in [1.29, 1.82) is 0 Å². The fraction of sp³-hybridized carbons (Fsp3) is 0.409. The van der Waals surface area contributed by atoms with Gasteiger partial charge in [-0.15, -0.1) is 0 Å². The van der Waals surface area contributed by atoms with E-state index >= 15 is 0 Å². The predicted molar refractivity (Wildman–Crippen MR) is 129 cm³/mol. The number of benzene rings is 1. The van der Waals surface area contributed by atoms with Crippen LogP contribution in [0, 0.1) is 0 Å². The zero-order valence-electron chi connectivity index (χ0n) is 20.5. The lowest BCUT2D eigenvalue weighted by molar-refractivity contribution is -0.147. The maximum absolute atomic E-state index is 12.7. The van der Waals surface area contributed by atoms with E-state index in [4.69, 9.17) is 21.7 Å². The van der Waals surface area contributed by atoms with Gasteiger partial charge in [0.15, 0.2) is 0 Å². The Bertz CT molecular complexity index is 1080. The summed E-state index contributed by atoms with van der Waals surface area (Å²) in [5, 5.41) is 44.7. The van der Waals surface area contributed by atoms with E-state index in [0.717, 1.165) is 0 Å². The van der Waals surface area contributed by atoms with E-state index in [0.29, 0.717) is 5.56 Å². The SMILES string of the molecule is NC(=O)C[C@H](NC(=O)[C@@H](N)Cc1ccc(O)cc1)C(=O)N[C@@H](CO)C(=O)NCC(=O)N[C@@H](CC(=O)O)C(=O)O. The van der Waals surface area contributed by atoms with Gasteiger partial charge in [0, 0.05) is 0 Å². The number of carboxylic acid groups (broad SMARTS) is 2. The molecule has 12 N–H and O–H groups in total. The Balaban J connectivity index is 2.76. The highest BCUT2D eigenvalue weighted by Crippen LogP contribution is 2.11. The Labute approximate surface area is 220 Å². The smallest absolute Gasteiger partial charge is 0.326 e. The van der Waals surface area contributed by atoms with E-state index in [-0.39, 0.29) is 12.2 Å². The lowest BCUT2D eigenvalue weighted by atomic mass is 10.0. The number of hydrogen-bond acceptors (Lipinski definition) is 10. The van der Waals surface area contributed by atoms with Crippen molar-refractivity contribution in [2.45, 2.75) is 43.4 Å². The van der Waals surface area contributed by atoms with Gasteiger partial charge in [0.05, 0.1) is 32.0 Å². The van der Waals surface area contributed by atoms with Crippen LogP contribution >= 0.6 is 0 Å². The maximum Gasteiger partial charge on any atom is 0.326 e. The van der Waals surface area contributed by atoms with Crippen LogP contribution in [0.15, 0.2) is 24.3 Å². The van der Waals surface area contributed by atoms with Crippen LogP contribution in [0.3, 0.4) is 0 Å². The van der Waals surface area contributed by atoms with Gasteiger partial charge in [-0.25, -0.2) is 4.79 Å². The van der Waals surface area contributed by atoms with E-state index in [1.165, 1.54) is 24.3 Å². The molecule has 1 rings (SSSR count). The van der Waals surface area contributed by atoms with Crippen LogP contribution < -0.4 is 32.7 Å². The van der Waals surface area contributed by atoms with Crippen LogP contribution in [0.5, 0.6) is 5.75 Å². The summed E-state index contributed by atoms with van der Waals surface area (Å²) >= 11 is 0. The minimum atomic E-state index is -1.76. The van der Waals surface area contributed by atoms with Gasteiger partial charge < -0.3 is 53.2 Å². The van der Waals surface area contributed by atoms with Gasteiger partial charge in [-0.1, -0.05) is 12.1 Å². The van der Waals surface area contributed by atoms with Crippen LogP contribution in [0.4, 0.5) is 0 Å². The first-order valence-electron chi connectivity index (χ1n) is 11.3. The first kappa shape index (κ1) is 32.3. The van der Waals surface area contributed by atoms with E-state index < -0.39 is 91.6 Å². The van der Waals surface area contributed by atoms with Gasteiger partial charge in [0.25, 0.3) is 0 Å². The molecule has 0 saturated heterocycles. The summed E-state index contributed by atoms with van der Waals surface area (Å²) in [4.78, 5) is 82.5. The molecule has 0 aliphatic rings. The third-order valence-corrected chi connectivity index (χ3v) is 5.02. The zero-order chi connectivity index (χ0) is 29.7. The average molecular weight is 555 g/mol. The normalized spacial score (nSPS) is 13.6. The van der Waals surface area contributed by atoms with E-state index in [1.807, 2.05) is 10.6 Å². The summed E-state index contributed by atoms with van der Waals surface area (Å²) in [6.07, 6.45) is -1.60. The second-order valence-corrected chi connectivity index (χ2v) is 8.23. The summed E-state index contributed by atoms with van der Waals surface area (Å²) in [7, 11) is 0. The molecule has 0 fully saturated rings. The number of phenols is 1. The van der Waals surface area contributed by atoms with Crippen LogP contribution in [0.2, 0.25) is 0 Å². The number of aromatic hydroxyl groups is 1. The van der Waals surface area contributed by atoms with E-state index in [2.05, 4.69) is 10.6 Å². The summed E-state index contributed by atoms with van der Waals surface area (Å²) in [5.74, 6) is -8.21. The van der Waals surface area contributed by atoms with Gasteiger partial charge in [-0.05, 0) is 24.1 Å². The molecule has 214 valence electrons. The first-order chi connectivity index (χ1) is 18.2. The molecule has 4 atom stereocenters. The van der Waals surface area contributed by atoms with E-state index in [1.54, 1.807) is 0 Å². The minimum Gasteiger partial charge on any atom is -0.508 e. The molecule has 0 aromatic heterocycles. The highest BCUT2D eigenvalue weighted by atomic mass is 16.4. The number of carbonyl (C=O) groups is 7. The number of hydrogen-bond donors (Lipinski definition) is 10. The molecule has 0 aliphatic carbocycles. The van der Waals surface area contributed by atoms with Crippen molar-refractivity contribution in [3.63, 3.8) is 0 Å². The zero-order valence-corrected chi connectivity index (χ0v) is 20.5. The number of aliphatic hydroxyl groups excluding tert-OH is 1. The van der Waals surface area contributed by atoms with Gasteiger partial charge in [-0.2, -0.15) is 0 Å².